The van der Waals surface area contributed by atoms with Gasteiger partial charge in [0.15, 0.2) is 9.84 Å². The number of hydrogen-bond acceptors (Lipinski definition) is 4. The first-order valence-electron chi connectivity index (χ1n) is 7.23. The number of phenols is 1. The molecule has 0 fully saturated rings. The molecular weight excluding hydrogens is 385 g/mol. The third-order valence-electron chi connectivity index (χ3n) is 3.34. The maximum Gasteiger partial charge on any atom is 0.248 e. The van der Waals surface area contributed by atoms with Crippen LogP contribution >= 0.6 is 23.2 Å². The molecule has 8 heteroatoms. The summed E-state index contributed by atoms with van der Waals surface area (Å²) in [6.45, 7) is 1.51. The Morgan fingerprint density at radius 2 is 1.92 bits per heavy atom. The number of hydrogen-bond donors (Lipinski definition) is 2. The summed E-state index contributed by atoms with van der Waals surface area (Å²) < 4.78 is 23.8. The van der Waals surface area contributed by atoms with E-state index >= 15 is 0 Å². The Labute approximate surface area is 155 Å². The fraction of sp³-hybridized carbons (Fsp3) is 0.118. The Morgan fingerprint density at radius 3 is 2.56 bits per heavy atom. The quantitative estimate of drug-likeness (QED) is 0.584. The molecule has 2 N–H and O–H groups in total. The molecule has 0 spiro atoms. The van der Waals surface area contributed by atoms with E-state index in [1.165, 1.54) is 37.3 Å². The van der Waals surface area contributed by atoms with Crippen LogP contribution in [0.2, 0.25) is 10.0 Å². The van der Waals surface area contributed by atoms with Gasteiger partial charge in [-0.05, 0) is 42.0 Å². The summed E-state index contributed by atoms with van der Waals surface area (Å²) in [7, 11) is -3.45. The highest BCUT2D eigenvalue weighted by Crippen LogP contribution is 2.27. The molecule has 25 heavy (non-hydrogen) atoms. The summed E-state index contributed by atoms with van der Waals surface area (Å²) in [4.78, 5) is 12.0. The fourth-order valence-electron chi connectivity index (χ4n) is 1.95. The largest absolute Gasteiger partial charge is 0.506 e. The van der Waals surface area contributed by atoms with Crippen molar-refractivity contribution in [1.82, 2.24) is 0 Å². The minimum Gasteiger partial charge on any atom is -0.506 e. The summed E-state index contributed by atoms with van der Waals surface area (Å²) >= 11 is 11.8. The Morgan fingerprint density at radius 1 is 1.20 bits per heavy atom. The summed E-state index contributed by atoms with van der Waals surface area (Å²) in [6, 6.07) is 8.56. The minimum atomic E-state index is -3.45. The van der Waals surface area contributed by atoms with Crippen LogP contribution < -0.4 is 5.32 Å². The summed E-state index contributed by atoms with van der Waals surface area (Å²) in [5, 5.41) is 13.1. The molecule has 0 aliphatic carbocycles. The number of aromatic hydroxyl groups is 1. The van der Waals surface area contributed by atoms with Crippen LogP contribution in [-0.4, -0.2) is 25.2 Å². The fourth-order valence-corrected chi connectivity index (χ4v) is 3.33. The maximum absolute atomic E-state index is 12.0. The van der Waals surface area contributed by atoms with Crippen molar-refractivity contribution in [1.29, 1.82) is 0 Å². The predicted molar refractivity (Wildman–Crippen MR) is 100.0 cm³/mol. The lowest BCUT2D eigenvalue weighted by molar-refractivity contribution is -0.111. The number of halogens is 2. The van der Waals surface area contributed by atoms with Crippen molar-refractivity contribution in [3.05, 3.63) is 58.1 Å². The lowest BCUT2D eigenvalue weighted by atomic mass is 10.2. The van der Waals surface area contributed by atoms with Gasteiger partial charge in [0.05, 0.1) is 16.3 Å². The predicted octanol–water partition coefficient (Wildman–Crippen LogP) is 4.14. The number of sulfone groups is 1. The topological polar surface area (TPSA) is 83.5 Å². The van der Waals surface area contributed by atoms with Crippen LogP contribution in [0, 0.1) is 0 Å². The van der Waals surface area contributed by atoms with Crippen LogP contribution in [0.4, 0.5) is 5.69 Å². The van der Waals surface area contributed by atoms with Crippen LogP contribution in [0.3, 0.4) is 0 Å². The molecule has 0 saturated carbocycles. The number of carbonyl (C=O) groups is 1. The summed E-state index contributed by atoms with van der Waals surface area (Å²) in [6.07, 6.45) is 2.70. The van der Waals surface area contributed by atoms with Crippen molar-refractivity contribution in [2.45, 2.75) is 11.8 Å². The van der Waals surface area contributed by atoms with Crippen molar-refractivity contribution in [3.63, 3.8) is 0 Å². The van der Waals surface area contributed by atoms with Gasteiger partial charge >= 0.3 is 0 Å². The first kappa shape index (κ1) is 19.3. The number of amides is 1. The summed E-state index contributed by atoms with van der Waals surface area (Å²) in [5.41, 5.74) is 0.596. The molecule has 0 heterocycles. The van der Waals surface area contributed by atoms with Gasteiger partial charge in [-0.25, -0.2) is 8.42 Å². The van der Waals surface area contributed by atoms with E-state index in [0.717, 1.165) is 0 Å². The number of anilines is 1. The Balaban J connectivity index is 2.20. The zero-order chi connectivity index (χ0) is 18.6. The van der Waals surface area contributed by atoms with Crippen LogP contribution in [0.1, 0.15) is 12.5 Å². The van der Waals surface area contributed by atoms with Crippen molar-refractivity contribution >= 4 is 50.7 Å². The first-order chi connectivity index (χ1) is 11.7. The monoisotopic (exact) mass is 399 g/mol. The van der Waals surface area contributed by atoms with Gasteiger partial charge in [-0.15, -0.1) is 0 Å². The van der Waals surface area contributed by atoms with E-state index in [-0.39, 0.29) is 22.1 Å². The average Bonchev–Trinajstić information content (AvgIpc) is 2.56. The molecule has 0 radical (unpaired) electrons. The number of phenolic OH excluding ortho intramolecular Hbond substituents is 1. The van der Waals surface area contributed by atoms with Crippen LogP contribution in [0.15, 0.2) is 47.4 Å². The standard InChI is InChI=1S/C17H15Cl2NO4S/c1-2-25(23,24)13-6-7-16(21)15(10-13)20-17(22)8-4-11-3-5-12(18)9-14(11)19/h3-10,21H,2H2,1H3,(H,20,22)/b8-4+. The first-order valence-corrected chi connectivity index (χ1v) is 9.63. The van der Waals surface area contributed by atoms with E-state index in [9.17, 15) is 18.3 Å². The van der Waals surface area contributed by atoms with Crippen molar-refractivity contribution in [3.8, 4) is 5.75 Å². The zero-order valence-corrected chi connectivity index (χ0v) is 15.5. The van der Waals surface area contributed by atoms with Crippen LogP contribution in [0.25, 0.3) is 6.08 Å². The molecule has 2 rings (SSSR count). The van der Waals surface area contributed by atoms with Crippen LogP contribution in [0.5, 0.6) is 5.75 Å². The average molecular weight is 400 g/mol. The molecular formula is C17H15Cl2NO4S. The third kappa shape index (κ3) is 4.98. The molecule has 2 aromatic rings. The van der Waals surface area contributed by atoms with Gasteiger partial charge in [-0.2, -0.15) is 0 Å². The number of nitrogens with one attached hydrogen (secondary N) is 1. The summed E-state index contributed by atoms with van der Waals surface area (Å²) in [5.74, 6) is -0.867. The van der Waals surface area contributed by atoms with E-state index in [2.05, 4.69) is 5.32 Å². The SMILES string of the molecule is CCS(=O)(=O)c1ccc(O)c(NC(=O)/C=C/c2ccc(Cl)cc2Cl)c1. The van der Waals surface area contributed by atoms with E-state index in [4.69, 9.17) is 23.2 Å². The van der Waals surface area contributed by atoms with Gasteiger partial charge in [0.1, 0.15) is 5.75 Å². The Kier molecular flexibility index (Phi) is 6.11. The van der Waals surface area contributed by atoms with Gasteiger partial charge in [0.2, 0.25) is 5.91 Å². The van der Waals surface area contributed by atoms with E-state index in [1.54, 1.807) is 18.2 Å². The lowest BCUT2D eigenvalue weighted by Crippen LogP contribution is -2.10. The van der Waals surface area contributed by atoms with Gasteiger partial charge in [0, 0.05) is 16.1 Å². The van der Waals surface area contributed by atoms with Crippen LogP contribution in [-0.2, 0) is 14.6 Å². The molecule has 1 amide bonds. The third-order valence-corrected chi connectivity index (χ3v) is 5.64. The van der Waals surface area contributed by atoms with Crippen molar-refractivity contribution in [2.24, 2.45) is 0 Å². The smallest absolute Gasteiger partial charge is 0.248 e. The molecule has 0 bridgehead atoms. The molecule has 0 saturated heterocycles. The molecule has 0 aromatic heterocycles. The van der Waals surface area contributed by atoms with Crippen molar-refractivity contribution in [2.75, 3.05) is 11.1 Å². The molecule has 0 atom stereocenters. The second-order valence-electron chi connectivity index (χ2n) is 5.07. The molecule has 5 nitrogen and oxygen atoms in total. The minimum absolute atomic E-state index is 0.00591. The van der Waals surface area contributed by atoms with E-state index in [0.29, 0.717) is 15.6 Å². The normalized spacial score (nSPS) is 11.6. The highest BCUT2D eigenvalue weighted by Gasteiger charge is 2.14. The molecule has 132 valence electrons. The second kappa shape index (κ2) is 7.91. The molecule has 2 aromatic carbocycles. The van der Waals surface area contributed by atoms with E-state index in [1.807, 2.05) is 0 Å². The highest BCUT2D eigenvalue weighted by molar-refractivity contribution is 7.91. The zero-order valence-electron chi connectivity index (χ0n) is 13.2. The van der Waals surface area contributed by atoms with Gasteiger partial charge in [-0.1, -0.05) is 36.2 Å². The Hall–Kier alpha value is -2.02. The number of rotatable bonds is 5. The van der Waals surface area contributed by atoms with E-state index < -0.39 is 15.7 Å². The number of carbonyl (C=O) groups excluding carboxylic acids is 1. The molecule has 0 aliphatic heterocycles. The highest BCUT2D eigenvalue weighted by atomic mass is 35.5. The van der Waals surface area contributed by atoms with Crippen molar-refractivity contribution < 1.29 is 18.3 Å². The Bertz CT molecular complexity index is 940. The molecule has 0 unspecified atom stereocenters. The molecule has 0 aliphatic rings. The second-order valence-corrected chi connectivity index (χ2v) is 8.19. The van der Waals surface area contributed by atoms with Gasteiger partial charge in [0.25, 0.3) is 0 Å². The number of benzene rings is 2. The van der Waals surface area contributed by atoms with Gasteiger partial charge in [-0.3, -0.25) is 4.79 Å². The maximum atomic E-state index is 12.0. The lowest BCUT2D eigenvalue weighted by Gasteiger charge is -2.08. The van der Waals surface area contributed by atoms with Gasteiger partial charge < -0.3 is 10.4 Å².